The molecule has 72 valence electrons. The van der Waals surface area contributed by atoms with Gasteiger partial charge in [-0.15, -0.1) is 0 Å². The van der Waals surface area contributed by atoms with Gasteiger partial charge in [-0.2, -0.15) is 0 Å². The van der Waals surface area contributed by atoms with Crippen LogP contribution >= 0.6 is 0 Å². The summed E-state index contributed by atoms with van der Waals surface area (Å²) in [5, 5.41) is 19.4. The van der Waals surface area contributed by atoms with E-state index in [1.165, 1.54) is 0 Å². The second-order valence-corrected chi connectivity index (χ2v) is 4.35. The van der Waals surface area contributed by atoms with Crippen LogP contribution in [-0.2, 0) is 9.53 Å². The van der Waals surface area contributed by atoms with Crippen molar-refractivity contribution in [1.29, 1.82) is 0 Å². The van der Waals surface area contributed by atoms with Gasteiger partial charge in [-0.25, -0.2) is 0 Å². The van der Waals surface area contributed by atoms with Crippen molar-refractivity contribution in [3.8, 4) is 0 Å². The minimum Gasteiger partial charge on any atom is -0.465 e. The molecular formula is C9H12O4. The van der Waals surface area contributed by atoms with Crippen molar-refractivity contribution in [1.82, 2.24) is 0 Å². The van der Waals surface area contributed by atoms with Crippen LogP contribution in [0.1, 0.15) is 6.42 Å². The first kappa shape index (κ1) is 7.76. The summed E-state index contributed by atoms with van der Waals surface area (Å²) in [5.74, 6) is -0.426. The Kier molecular flexibility index (Phi) is 1.34. The number of carbonyl (C=O) groups is 1. The Balaban J connectivity index is 1.98. The van der Waals surface area contributed by atoms with E-state index in [2.05, 4.69) is 0 Å². The van der Waals surface area contributed by atoms with Crippen LogP contribution in [-0.4, -0.2) is 35.0 Å². The molecule has 2 saturated carbocycles. The molecular weight excluding hydrogens is 172 g/mol. The molecule has 2 N–H and O–H groups in total. The summed E-state index contributed by atoms with van der Waals surface area (Å²) in [7, 11) is 0. The first-order chi connectivity index (χ1) is 6.20. The van der Waals surface area contributed by atoms with Crippen LogP contribution in [0.25, 0.3) is 0 Å². The Morgan fingerprint density at radius 1 is 1.31 bits per heavy atom. The quantitative estimate of drug-likeness (QED) is 0.481. The van der Waals surface area contributed by atoms with Gasteiger partial charge in [0.05, 0.1) is 24.7 Å². The van der Waals surface area contributed by atoms with Crippen molar-refractivity contribution in [2.24, 2.45) is 23.7 Å². The molecule has 13 heavy (non-hydrogen) atoms. The normalized spacial score (nSPS) is 58.2. The average molecular weight is 184 g/mol. The van der Waals surface area contributed by atoms with Gasteiger partial charge in [-0.05, 0) is 6.42 Å². The van der Waals surface area contributed by atoms with Gasteiger partial charge in [0, 0.05) is 17.8 Å². The summed E-state index contributed by atoms with van der Waals surface area (Å²) < 4.78 is 4.94. The molecule has 1 aliphatic heterocycles. The van der Waals surface area contributed by atoms with Crippen molar-refractivity contribution in [2.45, 2.75) is 18.6 Å². The molecule has 2 aliphatic carbocycles. The Bertz CT molecular complexity index is 262. The topological polar surface area (TPSA) is 66.8 Å². The van der Waals surface area contributed by atoms with Crippen LogP contribution < -0.4 is 0 Å². The SMILES string of the molecule is O=C1OC[C@@H]2[C@H]1[C@H]1C[C@@H](O)[C@H]2[C@H]1O. The molecule has 0 aromatic carbocycles. The molecule has 3 fully saturated rings. The lowest BCUT2D eigenvalue weighted by Gasteiger charge is -2.23. The minimum absolute atomic E-state index is 0.0556. The Hall–Kier alpha value is -0.610. The molecule has 4 heteroatoms. The maximum absolute atomic E-state index is 11.3. The molecule has 6 atom stereocenters. The van der Waals surface area contributed by atoms with Crippen LogP contribution in [0.15, 0.2) is 0 Å². The molecule has 1 heterocycles. The number of hydrogen-bond acceptors (Lipinski definition) is 4. The van der Waals surface area contributed by atoms with Crippen molar-refractivity contribution in [2.75, 3.05) is 6.61 Å². The molecule has 0 amide bonds. The number of ether oxygens (including phenoxy) is 1. The number of rotatable bonds is 0. The van der Waals surface area contributed by atoms with E-state index in [-0.39, 0.29) is 29.6 Å². The zero-order chi connectivity index (χ0) is 9.16. The molecule has 0 aromatic rings. The first-order valence-electron chi connectivity index (χ1n) is 4.73. The zero-order valence-electron chi connectivity index (χ0n) is 7.09. The molecule has 0 unspecified atom stereocenters. The number of hydrogen-bond donors (Lipinski definition) is 2. The summed E-state index contributed by atoms with van der Waals surface area (Å²) in [6.07, 6.45) is -0.365. The molecule has 1 saturated heterocycles. The monoisotopic (exact) mass is 184 g/mol. The van der Waals surface area contributed by atoms with E-state index >= 15 is 0 Å². The Morgan fingerprint density at radius 2 is 2.08 bits per heavy atom. The fourth-order valence-corrected chi connectivity index (χ4v) is 3.38. The van der Waals surface area contributed by atoms with Crippen LogP contribution in [0.2, 0.25) is 0 Å². The summed E-state index contributed by atoms with van der Waals surface area (Å²) in [6, 6.07) is 0. The van der Waals surface area contributed by atoms with E-state index in [1.807, 2.05) is 0 Å². The fraction of sp³-hybridized carbons (Fsp3) is 0.889. The third-order valence-electron chi connectivity index (χ3n) is 3.90. The lowest BCUT2D eigenvalue weighted by Crippen LogP contribution is -2.31. The van der Waals surface area contributed by atoms with Crippen molar-refractivity contribution in [3.05, 3.63) is 0 Å². The van der Waals surface area contributed by atoms with Crippen molar-refractivity contribution < 1.29 is 19.7 Å². The predicted octanol–water partition coefficient (Wildman–Crippen LogP) is -0.853. The van der Waals surface area contributed by atoms with Gasteiger partial charge in [0.1, 0.15) is 0 Å². The van der Waals surface area contributed by atoms with Gasteiger partial charge in [0.25, 0.3) is 0 Å². The number of aliphatic hydroxyl groups is 2. The highest BCUT2D eigenvalue weighted by Crippen LogP contribution is 2.55. The second-order valence-electron chi connectivity index (χ2n) is 4.35. The van der Waals surface area contributed by atoms with Crippen LogP contribution in [0.4, 0.5) is 0 Å². The summed E-state index contributed by atoms with van der Waals surface area (Å²) in [6.45, 7) is 0.388. The van der Waals surface area contributed by atoms with Gasteiger partial charge in [-0.3, -0.25) is 4.79 Å². The second kappa shape index (κ2) is 2.25. The molecule has 0 radical (unpaired) electrons. The highest BCUT2D eigenvalue weighted by atomic mass is 16.5. The van der Waals surface area contributed by atoms with E-state index in [9.17, 15) is 15.0 Å². The molecule has 0 aromatic heterocycles. The number of aliphatic hydroxyl groups excluding tert-OH is 2. The van der Waals surface area contributed by atoms with E-state index in [1.54, 1.807) is 0 Å². The number of carbonyl (C=O) groups excluding carboxylic acids is 1. The maximum Gasteiger partial charge on any atom is 0.309 e. The molecule has 0 spiro atoms. The average Bonchev–Trinajstić information content (AvgIpc) is 2.64. The number of fused-ring (bicyclic) bond motifs is 5. The van der Waals surface area contributed by atoms with E-state index in [0.717, 1.165) is 0 Å². The van der Waals surface area contributed by atoms with Crippen molar-refractivity contribution in [3.63, 3.8) is 0 Å². The van der Waals surface area contributed by atoms with Crippen LogP contribution in [0.3, 0.4) is 0 Å². The van der Waals surface area contributed by atoms with Gasteiger partial charge in [0.15, 0.2) is 0 Å². The van der Waals surface area contributed by atoms with Gasteiger partial charge in [-0.1, -0.05) is 0 Å². The zero-order valence-corrected chi connectivity index (χ0v) is 7.09. The van der Waals surface area contributed by atoms with E-state index in [0.29, 0.717) is 13.0 Å². The van der Waals surface area contributed by atoms with Crippen LogP contribution in [0.5, 0.6) is 0 Å². The lowest BCUT2D eigenvalue weighted by atomic mass is 9.80. The smallest absolute Gasteiger partial charge is 0.309 e. The van der Waals surface area contributed by atoms with E-state index in [4.69, 9.17) is 4.74 Å². The number of cyclic esters (lactones) is 1. The van der Waals surface area contributed by atoms with Gasteiger partial charge in [0.2, 0.25) is 0 Å². The van der Waals surface area contributed by atoms with Crippen LogP contribution in [0, 0.1) is 23.7 Å². The largest absolute Gasteiger partial charge is 0.465 e. The molecule has 4 nitrogen and oxygen atoms in total. The van der Waals surface area contributed by atoms with Gasteiger partial charge < -0.3 is 14.9 Å². The third-order valence-corrected chi connectivity index (χ3v) is 3.90. The Labute approximate surface area is 75.5 Å². The first-order valence-corrected chi connectivity index (χ1v) is 4.73. The number of esters is 1. The fourth-order valence-electron chi connectivity index (χ4n) is 3.38. The van der Waals surface area contributed by atoms with E-state index < -0.39 is 12.2 Å². The highest BCUT2D eigenvalue weighted by molar-refractivity contribution is 5.76. The van der Waals surface area contributed by atoms with Crippen molar-refractivity contribution >= 4 is 5.97 Å². The summed E-state index contributed by atoms with van der Waals surface area (Å²) >= 11 is 0. The Morgan fingerprint density at radius 3 is 2.85 bits per heavy atom. The standard InChI is InChI=1S/C9H12O4/c10-5-1-3-6-4(2-13-9(6)12)7(5)8(3)11/h3-8,10-11H,1-2H2/t3-,4-,5-,6-,7+,8+/m1/s1. The molecule has 3 aliphatic rings. The third kappa shape index (κ3) is 0.758. The summed E-state index contributed by atoms with van der Waals surface area (Å²) in [5.41, 5.74) is 0. The summed E-state index contributed by atoms with van der Waals surface area (Å²) in [4.78, 5) is 11.3. The molecule has 3 rings (SSSR count). The predicted molar refractivity (Wildman–Crippen MR) is 41.5 cm³/mol. The van der Waals surface area contributed by atoms with Gasteiger partial charge >= 0.3 is 5.97 Å². The lowest BCUT2D eigenvalue weighted by molar-refractivity contribution is -0.143. The minimum atomic E-state index is -0.488. The maximum atomic E-state index is 11.3. The highest BCUT2D eigenvalue weighted by Gasteiger charge is 2.63. The molecule has 2 bridgehead atoms.